The Labute approximate surface area is 329 Å². The summed E-state index contributed by atoms with van der Waals surface area (Å²) in [5.41, 5.74) is 0. The number of rotatable bonds is 37. The van der Waals surface area contributed by atoms with Crippen LogP contribution in [-0.4, -0.2) is 89.0 Å². The van der Waals surface area contributed by atoms with Crippen molar-refractivity contribution in [3.8, 4) is 0 Å². The van der Waals surface area contributed by atoms with E-state index in [2.05, 4.69) is 19.9 Å². The molecule has 0 aromatic heterocycles. The van der Waals surface area contributed by atoms with Crippen LogP contribution in [0.2, 0.25) is 0 Å². The molecule has 1 fully saturated rings. The highest BCUT2D eigenvalue weighted by Gasteiger charge is 2.44. The molecule has 0 aromatic carbocycles. The first-order valence-corrected chi connectivity index (χ1v) is 22.3. The Kier molecular flexibility index (Phi) is 33.5. The lowest BCUT2D eigenvalue weighted by atomic mass is 9.99. The maximum atomic E-state index is 12.7. The summed E-state index contributed by atoms with van der Waals surface area (Å²) in [6.07, 6.45) is 29.4. The van der Waals surface area contributed by atoms with Crippen molar-refractivity contribution < 1.29 is 49.0 Å². The second-order valence-corrected chi connectivity index (χ2v) is 15.5. The van der Waals surface area contributed by atoms with E-state index >= 15 is 0 Å². The van der Waals surface area contributed by atoms with Crippen LogP contribution >= 0.6 is 0 Å². The maximum absolute atomic E-state index is 12.7. The minimum absolute atomic E-state index is 0.151. The summed E-state index contributed by atoms with van der Waals surface area (Å²) in [6, 6.07) is 0. The van der Waals surface area contributed by atoms with E-state index < -0.39 is 49.4 Å². The number of carbonyl (C=O) groups excluding carboxylic acids is 2. The van der Waals surface area contributed by atoms with Gasteiger partial charge in [0.15, 0.2) is 12.4 Å². The molecule has 1 saturated heterocycles. The number of ether oxygens (including phenoxy) is 4. The van der Waals surface area contributed by atoms with Crippen molar-refractivity contribution in [2.75, 3.05) is 19.8 Å². The Balaban J connectivity index is 2.35. The number of esters is 2. The fourth-order valence-electron chi connectivity index (χ4n) is 6.85. The molecule has 0 spiro atoms. The van der Waals surface area contributed by atoms with Crippen LogP contribution in [0.4, 0.5) is 0 Å². The van der Waals surface area contributed by atoms with Crippen molar-refractivity contribution in [3.05, 3.63) is 12.2 Å². The largest absolute Gasteiger partial charge is 0.462 e. The molecule has 0 aliphatic carbocycles. The minimum Gasteiger partial charge on any atom is -0.462 e. The molecule has 0 bridgehead atoms. The molecule has 318 valence electrons. The van der Waals surface area contributed by atoms with Crippen LogP contribution in [0.15, 0.2) is 12.2 Å². The SMILES string of the molecule is CCCCCCCCCCCCC/C=C/CCC(=O)O[C@@H](COC(=O)CCCCCCCCCCCCCCCC)CO[C@H]1O[C@@H](CO)[C@@H](O)C(O)C1O. The number of carbonyl (C=O) groups is 2. The van der Waals surface area contributed by atoms with E-state index in [1.807, 2.05) is 6.08 Å². The summed E-state index contributed by atoms with van der Waals surface area (Å²) < 4.78 is 22.1. The molecule has 0 aromatic rings. The molecule has 10 nitrogen and oxygen atoms in total. The second-order valence-electron chi connectivity index (χ2n) is 15.5. The van der Waals surface area contributed by atoms with Gasteiger partial charge in [0.25, 0.3) is 0 Å². The average molecular weight is 771 g/mol. The highest BCUT2D eigenvalue weighted by molar-refractivity contribution is 5.70. The van der Waals surface area contributed by atoms with E-state index in [0.29, 0.717) is 6.42 Å². The molecule has 54 heavy (non-hydrogen) atoms. The summed E-state index contributed by atoms with van der Waals surface area (Å²) in [5.74, 6) is -0.854. The first-order chi connectivity index (χ1) is 26.3. The summed E-state index contributed by atoms with van der Waals surface area (Å²) in [4.78, 5) is 25.3. The first-order valence-electron chi connectivity index (χ1n) is 22.3. The lowest BCUT2D eigenvalue weighted by Gasteiger charge is -2.39. The van der Waals surface area contributed by atoms with Gasteiger partial charge in [-0.05, 0) is 25.7 Å². The molecular formula is C44H82O10. The molecule has 1 heterocycles. The van der Waals surface area contributed by atoms with E-state index in [9.17, 15) is 30.0 Å². The average Bonchev–Trinajstić information content (AvgIpc) is 3.17. The topological polar surface area (TPSA) is 152 Å². The van der Waals surface area contributed by atoms with E-state index in [-0.39, 0.29) is 32.0 Å². The van der Waals surface area contributed by atoms with Gasteiger partial charge in [0.1, 0.15) is 31.0 Å². The number of unbranched alkanes of at least 4 members (excludes halogenated alkanes) is 24. The summed E-state index contributed by atoms with van der Waals surface area (Å²) in [5, 5.41) is 40.0. The molecule has 1 aliphatic heterocycles. The zero-order valence-electron chi connectivity index (χ0n) is 34.5. The lowest BCUT2D eigenvalue weighted by Crippen LogP contribution is -2.59. The van der Waals surface area contributed by atoms with Gasteiger partial charge < -0.3 is 39.4 Å². The van der Waals surface area contributed by atoms with Crippen molar-refractivity contribution in [3.63, 3.8) is 0 Å². The van der Waals surface area contributed by atoms with E-state index in [1.54, 1.807) is 0 Å². The van der Waals surface area contributed by atoms with Crippen LogP contribution in [0.1, 0.15) is 200 Å². The van der Waals surface area contributed by atoms with Gasteiger partial charge >= 0.3 is 11.9 Å². The van der Waals surface area contributed by atoms with Crippen LogP contribution in [0, 0.1) is 0 Å². The van der Waals surface area contributed by atoms with Crippen molar-refractivity contribution >= 4 is 11.9 Å². The monoisotopic (exact) mass is 771 g/mol. The summed E-state index contributed by atoms with van der Waals surface area (Å²) in [7, 11) is 0. The van der Waals surface area contributed by atoms with Crippen LogP contribution in [0.5, 0.6) is 0 Å². The smallest absolute Gasteiger partial charge is 0.306 e. The number of hydrogen-bond donors (Lipinski definition) is 4. The maximum Gasteiger partial charge on any atom is 0.306 e. The number of allylic oxidation sites excluding steroid dienone is 2. The van der Waals surface area contributed by atoms with Gasteiger partial charge in [-0.3, -0.25) is 9.59 Å². The Hall–Kier alpha value is -1.56. The Morgan fingerprint density at radius 3 is 1.52 bits per heavy atom. The normalized spacial score (nSPS) is 20.7. The molecule has 1 rings (SSSR count). The Morgan fingerprint density at radius 1 is 0.556 bits per heavy atom. The fourth-order valence-corrected chi connectivity index (χ4v) is 6.85. The molecule has 0 saturated carbocycles. The van der Waals surface area contributed by atoms with E-state index in [4.69, 9.17) is 18.9 Å². The Morgan fingerprint density at radius 2 is 1.02 bits per heavy atom. The third-order valence-corrected chi connectivity index (χ3v) is 10.4. The quantitative estimate of drug-likeness (QED) is 0.0273. The van der Waals surface area contributed by atoms with Crippen LogP contribution in [0.3, 0.4) is 0 Å². The van der Waals surface area contributed by atoms with Crippen molar-refractivity contribution in [1.29, 1.82) is 0 Å². The molecule has 2 unspecified atom stereocenters. The molecule has 1 aliphatic rings. The molecule has 0 radical (unpaired) electrons. The molecule has 4 N–H and O–H groups in total. The van der Waals surface area contributed by atoms with Gasteiger partial charge in [0.2, 0.25) is 0 Å². The fraction of sp³-hybridized carbons (Fsp3) is 0.909. The minimum atomic E-state index is -1.60. The van der Waals surface area contributed by atoms with Crippen molar-refractivity contribution in [2.45, 2.75) is 237 Å². The van der Waals surface area contributed by atoms with Gasteiger partial charge in [-0.15, -0.1) is 0 Å². The van der Waals surface area contributed by atoms with Gasteiger partial charge in [-0.2, -0.15) is 0 Å². The number of aliphatic hydroxyl groups excluding tert-OH is 4. The van der Waals surface area contributed by atoms with Gasteiger partial charge in [0, 0.05) is 12.8 Å². The first kappa shape index (κ1) is 50.5. The standard InChI is InChI=1S/C44H82O10/c1-3-5-7-9-11-13-15-17-19-21-23-25-27-29-31-33-40(47)53-37(36-52-44-43(50)42(49)41(48)38(34-45)54-44)35-51-39(46)32-30-28-26-24-22-20-18-16-14-12-10-8-6-4-2/h27,29,37-38,41-45,48-50H,3-26,28,30-36H2,1-2H3/b29-27+/t37-,38-,41+,42?,43?,44-/m0/s1. The lowest BCUT2D eigenvalue weighted by molar-refractivity contribution is -0.305. The van der Waals surface area contributed by atoms with E-state index in [0.717, 1.165) is 32.1 Å². The van der Waals surface area contributed by atoms with Crippen molar-refractivity contribution in [1.82, 2.24) is 0 Å². The molecule has 10 heteroatoms. The second kappa shape index (κ2) is 35.8. The summed E-state index contributed by atoms with van der Waals surface area (Å²) >= 11 is 0. The summed E-state index contributed by atoms with van der Waals surface area (Å²) in [6.45, 7) is 3.40. The van der Waals surface area contributed by atoms with E-state index in [1.165, 1.54) is 135 Å². The third-order valence-electron chi connectivity index (χ3n) is 10.4. The number of hydrogen-bond acceptors (Lipinski definition) is 10. The zero-order valence-corrected chi connectivity index (χ0v) is 34.5. The predicted octanol–water partition coefficient (Wildman–Crippen LogP) is 9.17. The predicted molar refractivity (Wildman–Crippen MR) is 215 cm³/mol. The van der Waals surface area contributed by atoms with Crippen LogP contribution < -0.4 is 0 Å². The Bertz CT molecular complexity index is 897. The van der Waals surface area contributed by atoms with Crippen LogP contribution in [0.25, 0.3) is 0 Å². The molecule has 0 amide bonds. The number of aliphatic hydroxyl groups is 4. The third kappa shape index (κ3) is 27.1. The highest BCUT2D eigenvalue weighted by atomic mass is 16.7. The highest BCUT2D eigenvalue weighted by Crippen LogP contribution is 2.23. The molecule has 6 atom stereocenters. The molecular weight excluding hydrogens is 688 g/mol. The van der Waals surface area contributed by atoms with Gasteiger partial charge in [0.05, 0.1) is 13.2 Å². The van der Waals surface area contributed by atoms with Crippen molar-refractivity contribution in [2.24, 2.45) is 0 Å². The van der Waals surface area contributed by atoms with Gasteiger partial charge in [-0.25, -0.2) is 0 Å². The van der Waals surface area contributed by atoms with Crippen LogP contribution in [-0.2, 0) is 28.5 Å². The van der Waals surface area contributed by atoms with Gasteiger partial charge in [-0.1, -0.05) is 174 Å². The zero-order chi connectivity index (χ0) is 39.5.